The predicted molar refractivity (Wildman–Crippen MR) is 113 cm³/mol. The summed E-state index contributed by atoms with van der Waals surface area (Å²) in [7, 11) is 3.43. The van der Waals surface area contributed by atoms with Gasteiger partial charge in [0, 0.05) is 32.6 Å². The van der Waals surface area contributed by atoms with Crippen LogP contribution in [0.5, 0.6) is 0 Å². The lowest BCUT2D eigenvalue weighted by atomic mass is 10.1. The maximum atomic E-state index is 12.4. The molecule has 28 heavy (non-hydrogen) atoms. The Labute approximate surface area is 169 Å². The van der Waals surface area contributed by atoms with E-state index in [0.29, 0.717) is 18.5 Å². The monoisotopic (exact) mass is 395 g/mol. The smallest absolute Gasteiger partial charge is 0.251 e. The normalized spacial score (nSPS) is 10.8. The van der Waals surface area contributed by atoms with E-state index < -0.39 is 0 Å². The molecule has 0 fully saturated rings. The van der Waals surface area contributed by atoms with Crippen LogP contribution in [0, 0.1) is 0 Å². The van der Waals surface area contributed by atoms with E-state index in [1.165, 1.54) is 4.70 Å². The number of thiazole rings is 1. The Morgan fingerprint density at radius 1 is 1.07 bits per heavy atom. The zero-order chi connectivity index (χ0) is 19.9. The molecule has 1 N–H and O–H groups in total. The average Bonchev–Trinajstić information content (AvgIpc) is 3.13. The van der Waals surface area contributed by atoms with Crippen molar-refractivity contribution in [3.8, 4) is 0 Å². The molecule has 3 rings (SSSR count). The second kappa shape index (κ2) is 9.46. The molecule has 5 nitrogen and oxygen atoms in total. The molecule has 0 aliphatic carbocycles. The van der Waals surface area contributed by atoms with Gasteiger partial charge in [-0.1, -0.05) is 24.3 Å². The number of hydrogen-bond donors (Lipinski definition) is 1. The maximum absolute atomic E-state index is 12.4. The van der Waals surface area contributed by atoms with E-state index in [4.69, 9.17) is 0 Å². The summed E-state index contributed by atoms with van der Waals surface area (Å²) in [6, 6.07) is 15.5. The van der Waals surface area contributed by atoms with Crippen LogP contribution < -0.4 is 5.32 Å². The van der Waals surface area contributed by atoms with Crippen LogP contribution in [0.15, 0.2) is 48.5 Å². The first kappa shape index (κ1) is 20.0. The van der Waals surface area contributed by atoms with E-state index in [1.807, 2.05) is 37.4 Å². The van der Waals surface area contributed by atoms with E-state index in [1.54, 1.807) is 35.4 Å². The molecule has 1 aromatic heterocycles. The number of unbranched alkanes of at least 4 members (excludes halogenated alkanes) is 1. The van der Waals surface area contributed by atoms with Crippen LogP contribution in [-0.4, -0.2) is 35.8 Å². The highest BCUT2D eigenvalue weighted by Gasteiger charge is 2.10. The molecule has 0 saturated carbocycles. The topological polar surface area (TPSA) is 62.3 Å². The van der Waals surface area contributed by atoms with Crippen molar-refractivity contribution >= 4 is 33.4 Å². The van der Waals surface area contributed by atoms with Crippen LogP contribution in [0.2, 0.25) is 0 Å². The molecule has 0 bridgehead atoms. The number of nitrogens with one attached hydrogen (secondary N) is 1. The van der Waals surface area contributed by atoms with Gasteiger partial charge in [-0.3, -0.25) is 9.59 Å². The van der Waals surface area contributed by atoms with Gasteiger partial charge in [0.15, 0.2) is 0 Å². The second-order valence-electron chi connectivity index (χ2n) is 6.81. The Kier molecular flexibility index (Phi) is 6.76. The van der Waals surface area contributed by atoms with E-state index in [2.05, 4.69) is 16.4 Å². The van der Waals surface area contributed by atoms with Crippen molar-refractivity contribution < 1.29 is 9.59 Å². The molecular weight excluding hydrogens is 370 g/mol. The van der Waals surface area contributed by atoms with Crippen molar-refractivity contribution in [3.05, 3.63) is 64.7 Å². The molecule has 0 atom stereocenters. The summed E-state index contributed by atoms with van der Waals surface area (Å²) in [4.78, 5) is 30.3. The third kappa shape index (κ3) is 5.16. The zero-order valence-electron chi connectivity index (χ0n) is 16.3. The van der Waals surface area contributed by atoms with Gasteiger partial charge in [-0.15, -0.1) is 11.3 Å². The highest BCUT2D eigenvalue weighted by Crippen LogP contribution is 2.23. The quantitative estimate of drug-likeness (QED) is 0.586. The van der Waals surface area contributed by atoms with Gasteiger partial charge in [-0.25, -0.2) is 4.98 Å². The first-order chi connectivity index (χ1) is 13.6. The fraction of sp³-hybridized carbons (Fsp3) is 0.318. The molecule has 6 heteroatoms. The maximum Gasteiger partial charge on any atom is 0.251 e. The predicted octanol–water partition coefficient (Wildman–Crippen LogP) is 4.03. The van der Waals surface area contributed by atoms with Crippen molar-refractivity contribution in [3.63, 3.8) is 0 Å². The van der Waals surface area contributed by atoms with Gasteiger partial charge in [0.05, 0.1) is 15.2 Å². The summed E-state index contributed by atoms with van der Waals surface area (Å²) in [6.07, 6.45) is 3.27. The Hall–Kier alpha value is -2.73. The number of amides is 2. The summed E-state index contributed by atoms with van der Waals surface area (Å²) < 4.78 is 1.22. The molecule has 2 amide bonds. The van der Waals surface area contributed by atoms with Gasteiger partial charge in [0.2, 0.25) is 5.91 Å². The first-order valence-electron chi connectivity index (χ1n) is 9.46. The molecular formula is C22H25N3O2S. The standard InChI is InChI=1S/C22H25N3O2S/c1-23-22(27)17-13-11-16(12-14-17)15-25(2)21(26)10-6-5-9-20-24-18-7-3-4-8-19(18)28-20/h3-4,7-8,11-14H,5-6,9-10,15H2,1-2H3,(H,23,27). The van der Waals surface area contributed by atoms with E-state index in [9.17, 15) is 9.59 Å². The molecule has 0 aliphatic heterocycles. The summed E-state index contributed by atoms with van der Waals surface area (Å²) >= 11 is 1.73. The van der Waals surface area contributed by atoms with Gasteiger partial charge >= 0.3 is 0 Å². The van der Waals surface area contributed by atoms with Gasteiger partial charge < -0.3 is 10.2 Å². The SMILES string of the molecule is CNC(=O)c1ccc(CN(C)C(=O)CCCCc2nc3ccccc3s2)cc1. The number of benzene rings is 2. The lowest BCUT2D eigenvalue weighted by Crippen LogP contribution is -2.26. The van der Waals surface area contributed by atoms with Crippen molar-refractivity contribution in [1.82, 2.24) is 15.2 Å². The second-order valence-corrected chi connectivity index (χ2v) is 7.92. The number of nitrogens with zero attached hydrogens (tertiary/aromatic N) is 2. The fourth-order valence-electron chi connectivity index (χ4n) is 3.04. The third-order valence-electron chi connectivity index (χ3n) is 4.66. The Morgan fingerprint density at radius 3 is 2.54 bits per heavy atom. The lowest BCUT2D eigenvalue weighted by Gasteiger charge is -2.17. The summed E-state index contributed by atoms with van der Waals surface area (Å²) in [6.45, 7) is 0.546. The largest absolute Gasteiger partial charge is 0.355 e. The highest BCUT2D eigenvalue weighted by atomic mass is 32.1. The molecule has 146 valence electrons. The molecule has 0 saturated heterocycles. The van der Waals surface area contributed by atoms with Gasteiger partial charge in [0.25, 0.3) is 5.91 Å². The van der Waals surface area contributed by atoms with E-state index >= 15 is 0 Å². The minimum atomic E-state index is -0.107. The van der Waals surface area contributed by atoms with Crippen LogP contribution in [0.3, 0.4) is 0 Å². The van der Waals surface area contributed by atoms with Crippen LogP contribution in [0.1, 0.15) is 40.2 Å². The third-order valence-corrected chi connectivity index (χ3v) is 5.75. The minimum absolute atomic E-state index is 0.107. The highest BCUT2D eigenvalue weighted by molar-refractivity contribution is 7.18. The van der Waals surface area contributed by atoms with Crippen LogP contribution in [-0.2, 0) is 17.8 Å². The molecule has 3 aromatic rings. The average molecular weight is 396 g/mol. The van der Waals surface area contributed by atoms with Crippen LogP contribution in [0.25, 0.3) is 10.2 Å². The van der Waals surface area contributed by atoms with Crippen LogP contribution >= 0.6 is 11.3 Å². The molecule has 0 unspecified atom stereocenters. The Balaban J connectivity index is 1.42. The number of fused-ring (bicyclic) bond motifs is 1. The lowest BCUT2D eigenvalue weighted by molar-refractivity contribution is -0.130. The zero-order valence-corrected chi connectivity index (χ0v) is 17.1. The molecule has 1 heterocycles. The molecule has 0 aliphatic rings. The summed E-state index contributed by atoms with van der Waals surface area (Å²) in [5.74, 6) is 0.0313. The minimum Gasteiger partial charge on any atom is -0.355 e. The molecule has 0 radical (unpaired) electrons. The summed E-state index contributed by atoms with van der Waals surface area (Å²) in [5.41, 5.74) is 2.69. The number of carbonyl (C=O) groups excluding carboxylic acids is 2. The van der Waals surface area contributed by atoms with Crippen LogP contribution in [0.4, 0.5) is 0 Å². The number of aromatic nitrogens is 1. The molecule has 2 aromatic carbocycles. The fourth-order valence-corrected chi connectivity index (χ4v) is 4.05. The van der Waals surface area contributed by atoms with Crippen molar-refractivity contribution in [2.45, 2.75) is 32.2 Å². The van der Waals surface area contributed by atoms with Gasteiger partial charge in [0.1, 0.15) is 0 Å². The van der Waals surface area contributed by atoms with E-state index in [0.717, 1.165) is 35.4 Å². The van der Waals surface area contributed by atoms with Crippen molar-refractivity contribution in [2.24, 2.45) is 0 Å². The Morgan fingerprint density at radius 2 is 1.82 bits per heavy atom. The first-order valence-corrected chi connectivity index (χ1v) is 10.3. The van der Waals surface area contributed by atoms with Crippen molar-refractivity contribution in [1.29, 1.82) is 0 Å². The number of rotatable bonds is 8. The number of para-hydroxylation sites is 1. The number of carbonyl (C=O) groups is 2. The van der Waals surface area contributed by atoms with Crippen molar-refractivity contribution in [2.75, 3.05) is 14.1 Å². The number of aryl methyl sites for hydroxylation is 1. The molecule has 0 spiro atoms. The summed E-state index contributed by atoms with van der Waals surface area (Å²) in [5, 5.41) is 3.74. The van der Waals surface area contributed by atoms with E-state index in [-0.39, 0.29) is 11.8 Å². The van der Waals surface area contributed by atoms with Gasteiger partial charge in [-0.2, -0.15) is 0 Å². The number of hydrogen-bond acceptors (Lipinski definition) is 4. The van der Waals surface area contributed by atoms with Gasteiger partial charge in [-0.05, 0) is 49.1 Å². The Bertz CT molecular complexity index is 917.